The Morgan fingerprint density at radius 1 is 0.565 bits per heavy atom. The number of nitrogens with one attached hydrogen (secondary N) is 2. The van der Waals surface area contributed by atoms with Crippen molar-refractivity contribution in [3.8, 4) is 23.0 Å². The largest absolute Gasteiger partial charge is 0.493 e. The van der Waals surface area contributed by atoms with Gasteiger partial charge in [-0.3, -0.25) is 0 Å². The summed E-state index contributed by atoms with van der Waals surface area (Å²) in [7, 11) is -8.31. The van der Waals surface area contributed by atoms with Crippen molar-refractivity contribution < 1.29 is 39.5 Å². The highest BCUT2D eigenvalue weighted by Gasteiger charge is 2.19. The van der Waals surface area contributed by atoms with E-state index in [1.807, 2.05) is 27.7 Å². The van der Waals surface area contributed by atoms with Crippen LogP contribution in [0.25, 0.3) is 0 Å². The van der Waals surface area contributed by atoms with Crippen LogP contribution in [0.1, 0.15) is 27.7 Å². The quantitative estimate of drug-likeness (QED) is 0.137. The predicted octanol–water partition coefficient (Wildman–Crippen LogP) is 6.94. The van der Waals surface area contributed by atoms with Crippen molar-refractivity contribution in [3.63, 3.8) is 0 Å². The molecule has 2 N–H and O–H groups in total. The molecule has 0 heterocycles. The van der Waals surface area contributed by atoms with Gasteiger partial charge in [0.2, 0.25) is 0 Å². The van der Waals surface area contributed by atoms with Crippen LogP contribution in [-0.4, -0.2) is 36.1 Å². The standard InChI is InChI=1S/C33H36N2O9S2/c1-23(2)21-41-27-11-15-31(16-12-27)45(37,38)43-29-9-5-7-25(19-29)34-33(36)35-26-8-6-10-30(20-26)44-46(39,40)32-17-13-28(14-18-32)42-22-24(3)4/h5-20,23-24H,21-22H2,1-4H3,(H2,34,35,36). The molecule has 4 aromatic rings. The Bertz CT molecular complexity index is 1710. The van der Waals surface area contributed by atoms with E-state index >= 15 is 0 Å². The van der Waals surface area contributed by atoms with Crippen LogP contribution in [0.15, 0.2) is 107 Å². The van der Waals surface area contributed by atoms with Crippen LogP contribution < -0.4 is 28.5 Å². The zero-order valence-electron chi connectivity index (χ0n) is 25.8. The number of carbonyl (C=O) groups is 1. The fourth-order valence-electron chi connectivity index (χ4n) is 3.83. The highest BCUT2D eigenvalue weighted by molar-refractivity contribution is 7.87. The minimum atomic E-state index is -4.16. The fourth-order valence-corrected chi connectivity index (χ4v) is 5.67. The van der Waals surface area contributed by atoms with Gasteiger partial charge in [-0.2, -0.15) is 16.8 Å². The zero-order valence-corrected chi connectivity index (χ0v) is 27.4. The summed E-state index contributed by atoms with van der Waals surface area (Å²) in [4.78, 5) is 12.6. The molecule has 11 nitrogen and oxygen atoms in total. The van der Waals surface area contributed by atoms with Gasteiger partial charge >= 0.3 is 26.3 Å². The van der Waals surface area contributed by atoms with E-state index in [2.05, 4.69) is 10.6 Å². The SMILES string of the molecule is CC(C)COc1ccc(S(=O)(=O)Oc2cccc(NC(=O)Nc3cccc(OS(=O)(=O)c4ccc(OCC(C)C)cc4)c3)c2)cc1. The number of urea groups is 1. The van der Waals surface area contributed by atoms with E-state index < -0.39 is 26.3 Å². The average Bonchev–Trinajstić information content (AvgIpc) is 2.99. The monoisotopic (exact) mass is 668 g/mol. The fraction of sp³-hybridized carbons (Fsp3) is 0.242. The summed E-state index contributed by atoms with van der Waals surface area (Å²) >= 11 is 0. The first-order chi connectivity index (χ1) is 21.8. The second kappa shape index (κ2) is 15.0. The summed E-state index contributed by atoms with van der Waals surface area (Å²) < 4.78 is 73.0. The molecule has 0 bridgehead atoms. The molecular weight excluding hydrogens is 633 g/mol. The van der Waals surface area contributed by atoms with Gasteiger partial charge in [-0.15, -0.1) is 0 Å². The van der Waals surface area contributed by atoms with Crippen LogP contribution in [0.3, 0.4) is 0 Å². The molecule has 0 atom stereocenters. The Hall–Kier alpha value is -4.75. The summed E-state index contributed by atoms with van der Waals surface area (Å²) in [6.07, 6.45) is 0. The summed E-state index contributed by atoms with van der Waals surface area (Å²) in [5, 5.41) is 5.18. The Balaban J connectivity index is 1.35. The highest BCUT2D eigenvalue weighted by atomic mass is 32.2. The van der Waals surface area contributed by atoms with Gasteiger partial charge in [0.25, 0.3) is 0 Å². The van der Waals surface area contributed by atoms with Crippen LogP contribution in [0.2, 0.25) is 0 Å². The second-order valence-electron chi connectivity index (χ2n) is 11.1. The molecule has 0 fully saturated rings. The Kier molecular flexibility index (Phi) is 11.1. The minimum Gasteiger partial charge on any atom is -0.493 e. The lowest BCUT2D eigenvalue weighted by molar-refractivity contribution is 0.262. The summed E-state index contributed by atoms with van der Waals surface area (Å²) in [5.41, 5.74) is 0.497. The van der Waals surface area contributed by atoms with Crippen molar-refractivity contribution in [2.75, 3.05) is 23.8 Å². The lowest BCUT2D eigenvalue weighted by Gasteiger charge is -2.12. The molecule has 0 radical (unpaired) electrons. The third kappa shape index (κ3) is 10.1. The van der Waals surface area contributed by atoms with Crippen molar-refractivity contribution in [2.24, 2.45) is 11.8 Å². The molecular formula is C33H36N2O9S2. The summed E-state index contributed by atoms with van der Waals surface area (Å²) in [6, 6.07) is 22.8. The van der Waals surface area contributed by atoms with Gasteiger partial charge in [-0.25, -0.2) is 4.79 Å². The lowest BCUT2D eigenvalue weighted by atomic mass is 10.2. The molecule has 0 aliphatic carbocycles. The molecule has 244 valence electrons. The van der Waals surface area contributed by atoms with Gasteiger partial charge in [-0.1, -0.05) is 39.8 Å². The van der Waals surface area contributed by atoms with Gasteiger partial charge in [0.1, 0.15) is 32.8 Å². The van der Waals surface area contributed by atoms with E-state index in [1.54, 1.807) is 36.4 Å². The number of ether oxygens (including phenoxy) is 2. The molecule has 13 heteroatoms. The van der Waals surface area contributed by atoms with Gasteiger partial charge in [0, 0.05) is 23.5 Å². The molecule has 46 heavy (non-hydrogen) atoms. The van der Waals surface area contributed by atoms with Crippen molar-refractivity contribution in [3.05, 3.63) is 97.1 Å². The van der Waals surface area contributed by atoms with Crippen molar-refractivity contribution >= 4 is 37.6 Å². The molecule has 0 aliphatic heterocycles. The smallest absolute Gasteiger partial charge is 0.339 e. The van der Waals surface area contributed by atoms with E-state index in [9.17, 15) is 21.6 Å². The Labute approximate surface area is 269 Å². The summed E-state index contributed by atoms with van der Waals surface area (Å²) in [5.74, 6) is 1.70. The van der Waals surface area contributed by atoms with Gasteiger partial charge in [-0.05, 0) is 84.6 Å². The van der Waals surface area contributed by atoms with Crippen molar-refractivity contribution in [1.82, 2.24) is 0 Å². The molecule has 2 amide bonds. The molecule has 0 spiro atoms. The Morgan fingerprint density at radius 2 is 0.935 bits per heavy atom. The first-order valence-electron chi connectivity index (χ1n) is 14.4. The molecule has 0 aromatic heterocycles. The van der Waals surface area contributed by atoms with Crippen molar-refractivity contribution in [2.45, 2.75) is 37.5 Å². The number of hydrogen-bond donors (Lipinski definition) is 2. The van der Waals surface area contributed by atoms with E-state index in [1.165, 1.54) is 60.7 Å². The van der Waals surface area contributed by atoms with E-state index in [0.717, 1.165) is 0 Å². The topological polar surface area (TPSA) is 146 Å². The maximum absolute atomic E-state index is 12.8. The normalized spacial score (nSPS) is 11.6. The molecule has 0 unspecified atom stereocenters. The Morgan fingerprint density at radius 3 is 1.28 bits per heavy atom. The third-order valence-corrected chi connectivity index (χ3v) is 8.51. The predicted molar refractivity (Wildman–Crippen MR) is 175 cm³/mol. The number of anilines is 2. The molecule has 0 aliphatic rings. The second-order valence-corrected chi connectivity index (χ2v) is 14.2. The van der Waals surface area contributed by atoms with Gasteiger partial charge in [0.15, 0.2) is 0 Å². The van der Waals surface area contributed by atoms with Crippen molar-refractivity contribution in [1.29, 1.82) is 0 Å². The maximum Gasteiger partial charge on any atom is 0.339 e. The number of benzene rings is 4. The van der Waals surface area contributed by atoms with Crippen LogP contribution >= 0.6 is 0 Å². The van der Waals surface area contributed by atoms with E-state index in [4.69, 9.17) is 17.8 Å². The first kappa shape index (κ1) is 34.1. The minimum absolute atomic E-state index is 0.0157. The number of rotatable bonds is 14. The highest BCUT2D eigenvalue weighted by Crippen LogP contribution is 2.26. The van der Waals surface area contributed by atoms with Gasteiger partial charge in [0.05, 0.1) is 13.2 Å². The third-order valence-electron chi connectivity index (χ3n) is 5.99. The van der Waals surface area contributed by atoms with Crippen LogP contribution in [0.5, 0.6) is 23.0 Å². The van der Waals surface area contributed by atoms with Gasteiger partial charge < -0.3 is 28.5 Å². The van der Waals surface area contributed by atoms with Crippen LogP contribution in [0, 0.1) is 11.8 Å². The summed E-state index contributed by atoms with van der Waals surface area (Å²) in [6.45, 7) is 9.04. The number of hydrogen-bond acceptors (Lipinski definition) is 9. The lowest BCUT2D eigenvalue weighted by Crippen LogP contribution is -2.19. The van der Waals surface area contributed by atoms with Crippen LogP contribution in [-0.2, 0) is 20.2 Å². The number of carbonyl (C=O) groups excluding carboxylic acids is 1. The maximum atomic E-state index is 12.8. The number of amides is 2. The first-order valence-corrected chi connectivity index (χ1v) is 17.2. The molecule has 0 saturated carbocycles. The molecule has 4 aromatic carbocycles. The molecule has 4 rings (SSSR count). The van der Waals surface area contributed by atoms with E-state index in [0.29, 0.717) is 36.5 Å². The average molecular weight is 669 g/mol. The zero-order chi connectivity index (χ0) is 33.3. The van der Waals surface area contributed by atoms with Crippen LogP contribution in [0.4, 0.5) is 16.2 Å². The van der Waals surface area contributed by atoms with E-state index in [-0.39, 0.29) is 32.7 Å². The molecule has 0 saturated heterocycles.